The summed E-state index contributed by atoms with van der Waals surface area (Å²) in [5, 5.41) is 9.75. The molecule has 1 aromatic carbocycles. The SMILES string of the molecule is CC(C)(OC1=CCC(=Cc2ccc(Cl)cc2)C=C1)C(=O)O. The van der Waals surface area contributed by atoms with Gasteiger partial charge in [-0.2, -0.15) is 0 Å². The van der Waals surface area contributed by atoms with Crippen LogP contribution >= 0.6 is 11.6 Å². The van der Waals surface area contributed by atoms with E-state index < -0.39 is 11.6 Å². The molecule has 0 saturated carbocycles. The van der Waals surface area contributed by atoms with Gasteiger partial charge in [-0.3, -0.25) is 0 Å². The molecule has 3 nitrogen and oxygen atoms in total. The van der Waals surface area contributed by atoms with Crippen molar-refractivity contribution in [2.24, 2.45) is 0 Å². The third-order valence-corrected chi connectivity index (χ3v) is 3.36. The fraction of sp³-hybridized carbons (Fsp3) is 0.235. The van der Waals surface area contributed by atoms with E-state index in [1.54, 1.807) is 6.08 Å². The number of carboxylic acids is 1. The predicted molar refractivity (Wildman–Crippen MR) is 84.1 cm³/mol. The van der Waals surface area contributed by atoms with Crippen molar-refractivity contribution in [3.63, 3.8) is 0 Å². The summed E-state index contributed by atoms with van der Waals surface area (Å²) >= 11 is 5.85. The average Bonchev–Trinajstić information content (AvgIpc) is 2.43. The van der Waals surface area contributed by atoms with Crippen LogP contribution in [0.15, 0.2) is 53.8 Å². The fourth-order valence-electron chi connectivity index (χ4n) is 1.84. The van der Waals surface area contributed by atoms with Crippen LogP contribution in [0, 0.1) is 0 Å². The van der Waals surface area contributed by atoms with Crippen LogP contribution in [-0.2, 0) is 9.53 Å². The number of carboxylic acid groups (broad SMARTS) is 1. The van der Waals surface area contributed by atoms with Crippen molar-refractivity contribution in [2.75, 3.05) is 0 Å². The van der Waals surface area contributed by atoms with Gasteiger partial charge in [-0.25, -0.2) is 4.79 Å². The number of halogens is 1. The molecule has 1 N–H and O–H groups in total. The first-order valence-electron chi connectivity index (χ1n) is 6.63. The zero-order valence-electron chi connectivity index (χ0n) is 12.0. The Kier molecular flexibility index (Phi) is 4.53. The number of rotatable bonds is 4. The Morgan fingerprint density at radius 3 is 2.48 bits per heavy atom. The topological polar surface area (TPSA) is 46.5 Å². The minimum Gasteiger partial charge on any atom is -0.478 e. The first-order valence-corrected chi connectivity index (χ1v) is 7.01. The van der Waals surface area contributed by atoms with Gasteiger partial charge in [0, 0.05) is 5.02 Å². The van der Waals surface area contributed by atoms with Gasteiger partial charge in [-0.05, 0) is 55.7 Å². The second-order valence-corrected chi connectivity index (χ2v) is 5.77. The molecule has 2 rings (SSSR count). The Labute approximate surface area is 129 Å². The average molecular weight is 305 g/mol. The molecule has 1 aromatic rings. The quantitative estimate of drug-likeness (QED) is 0.894. The van der Waals surface area contributed by atoms with Crippen LogP contribution in [0.25, 0.3) is 6.08 Å². The maximum atomic E-state index is 11.0. The molecule has 0 fully saturated rings. The van der Waals surface area contributed by atoms with Crippen LogP contribution in [-0.4, -0.2) is 16.7 Å². The van der Waals surface area contributed by atoms with Gasteiger partial charge in [-0.1, -0.05) is 35.9 Å². The van der Waals surface area contributed by atoms with Gasteiger partial charge >= 0.3 is 5.97 Å². The van der Waals surface area contributed by atoms with E-state index in [9.17, 15) is 4.79 Å². The van der Waals surface area contributed by atoms with Gasteiger partial charge in [0.1, 0.15) is 5.76 Å². The Balaban J connectivity index is 2.04. The van der Waals surface area contributed by atoms with Gasteiger partial charge in [0.2, 0.25) is 0 Å². The first kappa shape index (κ1) is 15.4. The number of ether oxygens (including phenoxy) is 1. The number of benzene rings is 1. The van der Waals surface area contributed by atoms with E-state index in [0.717, 1.165) is 11.1 Å². The summed E-state index contributed by atoms with van der Waals surface area (Å²) in [5.41, 5.74) is 0.966. The molecular formula is C17H17ClO3. The van der Waals surface area contributed by atoms with Crippen molar-refractivity contribution in [1.29, 1.82) is 0 Å². The van der Waals surface area contributed by atoms with E-state index in [1.165, 1.54) is 13.8 Å². The van der Waals surface area contributed by atoms with Gasteiger partial charge in [0.05, 0.1) is 0 Å². The molecule has 0 aliphatic heterocycles. The number of aliphatic carboxylic acids is 1. The molecule has 1 aliphatic rings. The minimum absolute atomic E-state index is 0.579. The van der Waals surface area contributed by atoms with Crippen LogP contribution in [0.2, 0.25) is 5.02 Å². The molecular weight excluding hydrogens is 288 g/mol. The Morgan fingerprint density at radius 2 is 1.95 bits per heavy atom. The van der Waals surface area contributed by atoms with Crippen molar-refractivity contribution < 1.29 is 14.6 Å². The lowest BCUT2D eigenvalue weighted by Crippen LogP contribution is -2.34. The van der Waals surface area contributed by atoms with Crippen molar-refractivity contribution in [2.45, 2.75) is 25.9 Å². The third kappa shape index (κ3) is 4.23. The minimum atomic E-state index is -1.23. The van der Waals surface area contributed by atoms with Crippen molar-refractivity contribution in [3.05, 3.63) is 64.4 Å². The van der Waals surface area contributed by atoms with E-state index in [2.05, 4.69) is 6.08 Å². The van der Waals surface area contributed by atoms with Gasteiger partial charge in [-0.15, -0.1) is 0 Å². The van der Waals surface area contributed by atoms with Crippen molar-refractivity contribution >= 4 is 23.6 Å². The Bertz CT molecular complexity index is 622. The monoisotopic (exact) mass is 304 g/mol. The summed E-state index contributed by atoms with van der Waals surface area (Å²) in [6.45, 7) is 3.06. The van der Waals surface area contributed by atoms with E-state index in [-0.39, 0.29) is 0 Å². The van der Waals surface area contributed by atoms with E-state index >= 15 is 0 Å². The lowest BCUT2D eigenvalue weighted by atomic mass is 10.0. The van der Waals surface area contributed by atoms with E-state index in [0.29, 0.717) is 17.2 Å². The molecule has 0 spiro atoms. The number of carbonyl (C=O) groups is 1. The molecule has 0 radical (unpaired) electrons. The molecule has 0 aromatic heterocycles. The van der Waals surface area contributed by atoms with Gasteiger partial charge < -0.3 is 9.84 Å². The molecule has 1 aliphatic carbocycles. The lowest BCUT2D eigenvalue weighted by Gasteiger charge is -2.23. The normalized spacial score (nSPS) is 16.7. The second-order valence-electron chi connectivity index (χ2n) is 5.33. The highest BCUT2D eigenvalue weighted by Gasteiger charge is 2.29. The maximum absolute atomic E-state index is 11.0. The molecule has 0 heterocycles. The highest BCUT2D eigenvalue weighted by molar-refractivity contribution is 6.30. The largest absolute Gasteiger partial charge is 0.478 e. The van der Waals surface area contributed by atoms with E-state index in [4.69, 9.17) is 21.4 Å². The zero-order chi connectivity index (χ0) is 15.5. The molecule has 110 valence electrons. The standard InChI is InChI=1S/C17H17ClO3/c1-17(2,16(19)20)21-15-9-5-13(6-10-15)11-12-3-7-14(18)8-4-12/h3-5,7-11H,6H2,1-2H3,(H,19,20). The van der Waals surface area contributed by atoms with Crippen molar-refractivity contribution in [3.8, 4) is 0 Å². The van der Waals surface area contributed by atoms with Crippen LogP contribution in [0.3, 0.4) is 0 Å². The fourth-order valence-corrected chi connectivity index (χ4v) is 1.96. The molecule has 21 heavy (non-hydrogen) atoms. The lowest BCUT2D eigenvalue weighted by molar-refractivity contribution is -0.156. The molecule has 0 unspecified atom stereocenters. The summed E-state index contributed by atoms with van der Waals surface area (Å²) in [7, 11) is 0. The molecule has 4 heteroatoms. The molecule has 0 saturated heterocycles. The predicted octanol–water partition coefficient (Wildman–Crippen LogP) is 4.45. The van der Waals surface area contributed by atoms with Crippen LogP contribution in [0.5, 0.6) is 0 Å². The first-order chi connectivity index (χ1) is 9.87. The maximum Gasteiger partial charge on any atom is 0.347 e. The Hall–Kier alpha value is -2.00. The van der Waals surface area contributed by atoms with E-state index in [1.807, 2.05) is 36.4 Å². The van der Waals surface area contributed by atoms with Gasteiger partial charge in [0.25, 0.3) is 0 Å². The van der Waals surface area contributed by atoms with Crippen LogP contribution < -0.4 is 0 Å². The number of allylic oxidation sites excluding steroid dienone is 4. The number of hydrogen-bond acceptors (Lipinski definition) is 2. The molecule has 0 bridgehead atoms. The smallest absolute Gasteiger partial charge is 0.347 e. The Morgan fingerprint density at radius 1 is 1.29 bits per heavy atom. The second kappa shape index (κ2) is 6.19. The summed E-state index contributed by atoms with van der Waals surface area (Å²) in [6.07, 6.45) is 8.36. The zero-order valence-corrected chi connectivity index (χ0v) is 12.7. The number of hydrogen-bond donors (Lipinski definition) is 1. The summed E-state index contributed by atoms with van der Waals surface area (Å²) in [6, 6.07) is 7.60. The summed E-state index contributed by atoms with van der Waals surface area (Å²) in [4.78, 5) is 11.0. The molecule has 0 atom stereocenters. The van der Waals surface area contributed by atoms with Crippen LogP contribution in [0.1, 0.15) is 25.8 Å². The molecule has 0 amide bonds. The third-order valence-electron chi connectivity index (χ3n) is 3.11. The van der Waals surface area contributed by atoms with Gasteiger partial charge in [0.15, 0.2) is 5.60 Å². The van der Waals surface area contributed by atoms with Crippen molar-refractivity contribution in [1.82, 2.24) is 0 Å². The highest BCUT2D eigenvalue weighted by atomic mass is 35.5. The summed E-state index contributed by atoms with van der Waals surface area (Å²) < 4.78 is 5.48. The van der Waals surface area contributed by atoms with Crippen LogP contribution in [0.4, 0.5) is 0 Å². The summed E-state index contributed by atoms with van der Waals surface area (Å²) in [5.74, 6) is -0.407. The highest BCUT2D eigenvalue weighted by Crippen LogP contribution is 2.23.